The van der Waals surface area contributed by atoms with Crippen molar-refractivity contribution in [1.29, 1.82) is 0 Å². The molecule has 3 aromatic rings. The van der Waals surface area contributed by atoms with Crippen LogP contribution in [0.15, 0.2) is 84.4 Å². The molecule has 7 nitrogen and oxygen atoms in total. The highest BCUT2D eigenvalue weighted by Gasteiger charge is 2.70. The molecular weight excluding hydrogens is 564 g/mol. The zero-order valence-electron chi connectivity index (χ0n) is 23.9. The number of imide groups is 2. The summed E-state index contributed by atoms with van der Waals surface area (Å²) in [7, 11) is 0. The summed E-state index contributed by atoms with van der Waals surface area (Å²) in [6.07, 6.45) is 2.59. The maximum Gasteiger partial charge on any atom is 0.246 e. The number of carbonyl (C=O) groups excluding carboxylic acids is 4. The zero-order chi connectivity index (χ0) is 30.2. The van der Waals surface area contributed by atoms with Gasteiger partial charge in [0.1, 0.15) is 5.75 Å². The largest absolute Gasteiger partial charge is 0.507 e. The maximum absolute atomic E-state index is 15.1. The topological polar surface area (TPSA) is 95.0 Å². The van der Waals surface area contributed by atoms with E-state index in [1.807, 2.05) is 48.5 Å². The number of benzene rings is 3. The van der Waals surface area contributed by atoms with Crippen molar-refractivity contribution in [1.82, 2.24) is 4.90 Å². The SMILES string of the molecule is CCN1C(=O)C2CC=C3C(CC4C(=O)N(c5cccc(Cl)c5)C(=O)C4(c4ccccc4)C3c3cccc(C)c3O)C2C1=O. The molecule has 2 aliphatic heterocycles. The van der Waals surface area contributed by atoms with E-state index >= 15 is 4.79 Å². The third kappa shape index (κ3) is 3.67. The first-order valence-corrected chi connectivity index (χ1v) is 15.1. The van der Waals surface area contributed by atoms with E-state index < -0.39 is 40.9 Å². The number of aryl methyl sites for hydroxylation is 1. The summed E-state index contributed by atoms with van der Waals surface area (Å²) < 4.78 is 0. The molecule has 0 aromatic heterocycles. The van der Waals surface area contributed by atoms with Gasteiger partial charge in [-0.2, -0.15) is 0 Å². The second-order valence-corrected chi connectivity index (χ2v) is 12.5. The fraction of sp³-hybridized carbons (Fsp3) is 0.314. The number of hydrogen-bond donors (Lipinski definition) is 1. The number of halogens is 1. The number of anilines is 1. The number of fused-ring (bicyclic) bond motifs is 4. The highest BCUT2D eigenvalue weighted by Crippen LogP contribution is 2.65. The third-order valence-corrected chi connectivity index (χ3v) is 10.4. The number of allylic oxidation sites excluding steroid dienone is 2. The Kier molecular flexibility index (Phi) is 6.36. The van der Waals surface area contributed by atoms with Crippen molar-refractivity contribution >= 4 is 40.9 Å². The van der Waals surface area contributed by atoms with Crippen LogP contribution in [-0.4, -0.2) is 40.2 Å². The molecule has 8 heteroatoms. The Labute approximate surface area is 254 Å². The lowest BCUT2D eigenvalue weighted by Crippen LogP contribution is -2.53. The quantitative estimate of drug-likeness (QED) is 0.316. The van der Waals surface area contributed by atoms with Crippen molar-refractivity contribution in [2.45, 2.75) is 38.0 Å². The van der Waals surface area contributed by atoms with Gasteiger partial charge in [-0.1, -0.05) is 77.8 Å². The van der Waals surface area contributed by atoms with Gasteiger partial charge in [0.05, 0.1) is 28.9 Å². The van der Waals surface area contributed by atoms with Crippen LogP contribution in [0.25, 0.3) is 0 Å². The van der Waals surface area contributed by atoms with E-state index in [1.54, 1.807) is 44.2 Å². The highest BCUT2D eigenvalue weighted by molar-refractivity contribution is 6.32. The van der Waals surface area contributed by atoms with Gasteiger partial charge in [-0.05, 0) is 61.9 Å². The molecule has 2 heterocycles. The molecule has 0 spiro atoms. The first-order chi connectivity index (χ1) is 20.7. The van der Waals surface area contributed by atoms with Crippen LogP contribution in [0.5, 0.6) is 5.75 Å². The zero-order valence-corrected chi connectivity index (χ0v) is 24.6. The average Bonchev–Trinajstić information content (AvgIpc) is 3.39. The summed E-state index contributed by atoms with van der Waals surface area (Å²) in [5.74, 6) is -4.32. The standard InChI is InChI=1S/C35H31ClN2O5/c1-3-37-31(40)24-16-15-23-26(28(24)33(37)42)18-27-32(41)38(22-13-8-12-21(36)17-22)34(43)35(27,20-10-5-4-6-11-20)29(23)25-14-7-9-19(2)30(25)39/h4-15,17,24,26-29,39H,3,16,18H2,1-2H3. The van der Waals surface area contributed by atoms with E-state index in [1.165, 1.54) is 9.80 Å². The number of likely N-dealkylation sites (tertiary alicyclic amines) is 1. The lowest BCUT2D eigenvalue weighted by atomic mass is 9.49. The monoisotopic (exact) mass is 594 g/mol. The molecule has 218 valence electrons. The van der Waals surface area contributed by atoms with E-state index in [2.05, 4.69) is 0 Å². The smallest absolute Gasteiger partial charge is 0.246 e. The van der Waals surface area contributed by atoms with Crippen LogP contribution < -0.4 is 4.90 Å². The van der Waals surface area contributed by atoms with E-state index in [-0.39, 0.29) is 36.4 Å². The molecule has 43 heavy (non-hydrogen) atoms. The second kappa shape index (κ2) is 9.91. The Hall–Kier alpha value is -4.23. The number of nitrogens with zero attached hydrogens (tertiary/aromatic N) is 2. The van der Waals surface area contributed by atoms with Gasteiger partial charge < -0.3 is 5.11 Å². The summed E-state index contributed by atoms with van der Waals surface area (Å²) in [5.41, 5.74) is 1.63. The lowest BCUT2D eigenvalue weighted by molar-refractivity contribution is -0.140. The number of amides is 4. The molecule has 3 fully saturated rings. The molecule has 3 aromatic carbocycles. The van der Waals surface area contributed by atoms with Crippen LogP contribution in [0, 0.1) is 30.6 Å². The predicted molar refractivity (Wildman–Crippen MR) is 161 cm³/mol. The minimum absolute atomic E-state index is 0.0516. The van der Waals surface area contributed by atoms with Gasteiger partial charge in [-0.15, -0.1) is 0 Å². The van der Waals surface area contributed by atoms with Gasteiger partial charge in [0.15, 0.2) is 0 Å². The van der Waals surface area contributed by atoms with Gasteiger partial charge >= 0.3 is 0 Å². The molecule has 0 radical (unpaired) electrons. The Morgan fingerprint density at radius 3 is 2.37 bits per heavy atom. The van der Waals surface area contributed by atoms with E-state index in [4.69, 9.17) is 11.6 Å². The summed E-state index contributed by atoms with van der Waals surface area (Å²) in [6.45, 7) is 3.87. The van der Waals surface area contributed by atoms with Crippen molar-refractivity contribution in [3.63, 3.8) is 0 Å². The van der Waals surface area contributed by atoms with Crippen LogP contribution in [0.1, 0.15) is 42.4 Å². The molecule has 2 aliphatic carbocycles. The number of para-hydroxylation sites is 1. The molecule has 4 amide bonds. The fourth-order valence-electron chi connectivity index (χ4n) is 8.38. The van der Waals surface area contributed by atoms with Crippen LogP contribution in [-0.2, 0) is 24.6 Å². The molecule has 1 N–H and O–H groups in total. The summed E-state index contributed by atoms with van der Waals surface area (Å²) in [4.78, 5) is 59.3. The van der Waals surface area contributed by atoms with Gasteiger partial charge in [-0.25, -0.2) is 4.90 Å². The first kappa shape index (κ1) is 27.6. The number of rotatable bonds is 4. The minimum atomic E-state index is -1.41. The van der Waals surface area contributed by atoms with Crippen LogP contribution >= 0.6 is 11.6 Å². The van der Waals surface area contributed by atoms with E-state index in [0.29, 0.717) is 33.8 Å². The number of carbonyl (C=O) groups is 4. The lowest BCUT2D eigenvalue weighted by Gasteiger charge is -2.50. The van der Waals surface area contributed by atoms with Gasteiger partial charge in [0.25, 0.3) is 0 Å². The van der Waals surface area contributed by atoms with E-state index in [9.17, 15) is 19.5 Å². The van der Waals surface area contributed by atoms with Crippen LogP contribution in [0.3, 0.4) is 0 Å². The number of hydrogen-bond acceptors (Lipinski definition) is 5. The Bertz CT molecular complexity index is 1730. The van der Waals surface area contributed by atoms with Crippen LogP contribution in [0.4, 0.5) is 5.69 Å². The number of aromatic hydroxyl groups is 1. The molecule has 0 bridgehead atoms. The van der Waals surface area contributed by atoms with E-state index in [0.717, 1.165) is 5.57 Å². The van der Waals surface area contributed by atoms with Crippen molar-refractivity contribution in [3.8, 4) is 5.75 Å². The normalized spacial score (nSPS) is 29.8. The molecule has 6 unspecified atom stereocenters. The number of phenols is 1. The minimum Gasteiger partial charge on any atom is -0.507 e. The maximum atomic E-state index is 15.1. The Morgan fingerprint density at radius 2 is 1.65 bits per heavy atom. The number of phenolic OH excluding ortho intramolecular Hbond substituents is 1. The molecule has 4 aliphatic rings. The van der Waals surface area contributed by atoms with Crippen molar-refractivity contribution in [2.75, 3.05) is 11.4 Å². The predicted octanol–water partition coefficient (Wildman–Crippen LogP) is 5.54. The molecule has 2 saturated heterocycles. The van der Waals surface area contributed by atoms with Crippen molar-refractivity contribution in [2.24, 2.45) is 23.7 Å². The second-order valence-electron chi connectivity index (χ2n) is 12.0. The average molecular weight is 595 g/mol. The molecule has 1 saturated carbocycles. The van der Waals surface area contributed by atoms with Gasteiger partial charge in [0, 0.05) is 23.0 Å². The summed E-state index contributed by atoms with van der Waals surface area (Å²) in [6, 6.07) is 21.4. The fourth-order valence-corrected chi connectivity index (χ4v) is 8.56. The third-order valence-electron chi connectivity index (χ3n) is 10.2. The first-order valence-electron chi connectivity index (χ1n) is 14.7. The molecule has 7 rings (SSSR count). The summed E-state index contributed by atoms with van der Waals surface area (Å²) >= 11 is 6.34. The van der Waals surface area contributed by atoms with Crippen molar-refractivity contribution in [3.05, 3.63) is 106 Å². The van der Waals surface area contributed by atoms with Gasteiger partial charge in [0.2, 0.25) is 23.6 Å². The van der Waals surface area contributed by atoms with Crippen LogP contribution in [0.2, 0.25) is 5.02 Å². The summed E-state index contributed by atoms with van der Waals surface area (Å²) in [5, 5.41) is 12.0. The van der Waals surface area contributed by atoms with Gasteiger partial charge in [-0.3, -0.25) is 24.1 Å². The molecular formula is C35H31ClN2O5. The molecule has 6 atom stereocenters. The Morgan fingerprint density at radius 1 is 0.907 bits per heavy atom. The Balaban J connectivity index is 1.53. The highest BCUT2D eigenvalue weighted by atomic mass is 35.5. The van der Waals surface area contributed by atoms with Crippen molar-refractivity contribution < 1.29 is 24.3 Å².